The fourth-order valence-electron chi connectivity index (χ4n) is 2.96. The minimum atomic E-state index is -0.205. The van der Waals surface area contributed by atoms with Gasteiger partial charge >= 0.3 is 5.97 Å². The van der Waals surface area contributed by atoms with Gasteiger partial charge in [-0.2, -0.15) is 0 Å². The molecule has 1 aliphatic rings. The lowest BCUT2D eigenvalue weighted by molar-refractivity contribution is -0.142. The molecule has 0 fully saturated rings. The summed E-state index contributed by atoms with van der Waals surface area (Å²) in [7, 11) is 0. The van der Waals surface area contributed by atoms with Crippen LogP contribution in [-0.2, 0) is 33.7 Å². The SMILES string of the molecule is CCOC(=O)Cc1c2n(c3ccccc13)CC(=O)CC2. The van der Waals surface area contributed by atoms with Crippen molar-refractivity contribution in [2.75, 3.05) is 6.61 Å². The van der Waals surface area contributed by atoms with E-state index in [4.69, 9.17) is 4.74 Å². The molecule has 2 heterocycles. The van der Waals surface area contributed by atoms with Crippen LogP contribution in [0.3, 0.4) is 0 Å². The number of ether oxygens (including phenoxy) is 1. The van der Waals surface area contributed by atoms with E-state index in [1.165, 1.54) is 0 Å². The lowest BCUT2D eigenvalue weighted by Gasteiger charge is -2.16. The molecule has 0 radical (unpaired) electrons. The molecule has 1 aromatic carbocycles. The van der Waals surface area contributed by atoms with Crippen molar-refractivity contribution in [2.24, 2.45) is 0 Å². The van der Waals surface area contributed by atoms with Crippen molar-refractivity contribution in [1.82, 2.24) is 4.57 Å². The van der Waals surface area contributed by atoms with Crippen LogP contribution in [0.1, 0.15) is 24.6 Å². The van der Waals surface area contributed by atoms with Crippen LogP contribution in [0.15, 0.2) is 24.3 Å². The number of benzene rings is 1. The molecule has 4 nitrogen and oxygen atoms in total. The van der Waals surface area contributed by atoms with Crippen molar-refractivity contribution in [1.29, 1.82) is 0 Å². The second kappa shape index (κ2) is 5.12. The lowest BCUT2D eigenvalue weighted by atomic mass is 10.0. The number of carbonyl (C=O) groups is 2. The minimum absolute atomic E-state index is 0.205. The number of Topliss-reactive ketones (excluding diaryl/α,β-unsaturated/α-hetero) is 1. The van der Waals surface area contributed by atoms with Crippen molar-refractivity contribution in [3.8, 4) is 0 Å². The molecule has 0 unspecified atom stereocenters. The number of rotatable bonds is 3. The van der Waals surface area contributed by atoms with Crippen molar-refractivity contribution < 1.29 is 14.3 Å². The number of ketones is 1. The van der Waals surface area contributed by atoms with Gasteiger partial charge in [0, 0.05) is 23.0 Å². The molecule has 20 heavy (non-hydrogen) atoms. The van der Waals surface area contributed by atoms with Crippen molar-refractivity contribution in [3.05, 3.63) is 35.5 Å². The van der Waals surface area contributed by atoms with Crippen LogP contribution in [0.4, 0.5) is 0 Å². The van der Waals surface area contributed by atoms with Crippen LogP contribution in [0.2, 0.25) is 0 Å². The summed E-state index contributed by atoms with van der Waals surface area (Å²) in [5.74, 6) is 0.0458. The number of hydrogen-bond acceptors (Lipinski definition) is 3. The number of nitrogens with zero attached hydrogens (tertiary/aromatic N) is 1. The van der Waals surface area contributed by atoms with E-state index in [2.05, 4.69) is 4.57 Å². The van der Waals surface area contributed by atoms with Gasteiger partial charge in [-0.25, -0.2) is 0 Å². The molecule has 0 N–H and O–H groups in total. The number of aromatic nitrogens is 1. The fraction of sp³-hybridized carbons (Fsp3) is 0.375. The molecule has 0 saturated heterocycles. The Balaban J connectivity index is 2.11. The highest BCUT2D eigenvalue weighted by atomic mass is 16.5. The molecule has 104 valence electrons. The summed E-state index contributed by atoms with van der Waals surface area (Å²) in [6.07, 6.45) is 1.55. The maximum Gasteiger partial charge on any atom is 0.310 e. The third-order valence-corrected chi connectivity index (χ3v) is 3.80. The summed E-state index contributed by atoms with van der Waals surface area (Å²) in [6, 6.07) is 7.94. The maximum absolute atomic E-state index is 11.8. The normalized spacial score (nSPS) is 14.3. The van der Waals surface area contributed by atoms with E-state index >= 15 is 0 Å². The van der Waals surface area contributed by atoms with E-state index in [0.29, 0.717) is 26.0 Å². The van der Waals surface area contributed by atoms with Gasteiger partial charge in [-0.1, -0.05) is 18.2 Å². The summed E-state index contributed by atoms with van der Waals surface area (Å²) >= 11 is 0. The first-order valence-corrected chi connectivity index (χ1v) is 6.97. The van der Waals surface area contributed by atoms with E-state index in [-0.39, 0.29) is 18.2 Å². The van der Waals surface area contributed by atoms with E-state index in [1.54, 1.807) is 0 Å². The summed E-state index contributed by atoms with van der Waals surface area (Å²) in [5, 5.41) is 1.06. The van der Waals surface area contributed by atoms with Gasteiger partial charge in [0.25, 0.3) is 0 Å². The number of esters is 1. The smallest absolute Gasteiger partial charge is 0.310 e. The maximum atomic E-state index is 11.8. The zero-order chi connectivity index (χ0) is 14.1. The summed E-state index contributed by atoms with van der Waals surface area (Å²) in [6.45, 7) is 2.62. The van der Waals surface area contributed by atoms with Crippen molar-refractivity contribution in [3.63, 3.8) is 0 Å². The van der Waals surface area contributed by atoms with Crippen molar-refractivity contribution in [2.45, 2.75) is 32.7 Å². The number of hydrogen-bond donors (Lipinski definition) is 0. The fourth-order valence-corrected chi connectivity index (χ4v) is 2.96. The van der Waals surface area contributed by atoms with Gasteiger partial charge in [-0.05, 0) is 25.0 Å². The lowest BCUT2D eigenvalue weighted by Crippen LogP contribution is -2.20. The van der Waals surface area contributed by atoms with E-state index in [1.807, 2.05) is 31.2 Å². The summed E-state index contributed by atoms with van der Waals surface area (Å²) in [4.78, 5) is 23.5. The number of para-hydroxylation sites is 1. The van der Waals surface area contributed by atoms with Crippen LogP contribution in [0.25, 0.3) is 10.9 Å². The molecular weight excluding hydrogens is 254 g/mol. The van der Waals surface area contributed by atoms with Crippen LogP contribution in [0, 0.1) is 0 Å². The molecule has 4 heteroatoms. The summed E-state index contributed by atoms with van der Waals surface area (Å²) < 4.78 is 7.11. The molecule has 0 saturated carbocycles. The minimum Gasteiger partial charge on any atom is -0.466 e. The molecule has 1 aromatic heterocycles. The molecule has 1 aliphatic heterocycles. The van der Waals surface area contributed by atoms with Crippen molar-refractivity contribution >= 4 is 22.7 Å². The Morgan fingerprint density at radius 1 is 1.30 bits per heavy atom. The molecule has 3 rings (SSSR count). The van der Waals surface area contributed by atoms with Crippen LogP contribution < -0.4 is 0 Å². The first-order chi connectivity index (χ1) is 9.70. The first kappa shape index (κ1) is 12.9. The Bertz CT molecular complexity index is 684. The number of fused-ring (bicyclic) bond motifs is 3. The Hall–Kier alpha value is -2.10. The van der Waals surface area contributed by atoms with Gasteiger partial charge < -0.3 is 9.30 Å². The zero-order valence-electron chi connectivity index (χ0n) is 11.5. The van der Waals surface area contributed by atoms with Gasteiger partial charge in [-0.3, -0.25) is 9.59 Å². The average molecular weight is 271 g/mol. The Kier molecular flexibility index (Phi) is 3.30. The van der Waals surface area contributed by atoms with E-state index in [9.17, 15) is 9.59 Å². The molecule has 0 aliphatic carbocycles. The second-order valence-corrected chi connectivity index (χ2v) is 5.05. The van der Waals surface area contributed by atoms with Gasteiger partial charge in [0.05, 0.1) is 19.6 Å². The largest absolute Gasteiger partial charge is 0.466 e. The topological polar surface area (TPSA) is 48.3 Å². The zero-order valence-corrected chi connectivity index (χ0v) is 11.5. The average Bonchev–Trinajstić information content (AvgIpc) is 2.74. The third kappa shape index (κ3) is 2.11. The summed E-state index contributed by atoms with van der Waals surface area (Å²) in [5.41, 5.74) is 3.17. The first-order valence-electron chi connectivity index (χ1n) is 6.97. The molecule has 0 spiro atoms. The standard InChI is InChI=1S/C16H17NO3/c1-2-20-16(19)9-13-12-5-3-4-6-14(12)17-10-11(18)7-8-15(13)17/h3-6H,2,7-10H2,1H3. The monoisotopic (exact) mass is 271 g/mol. The van der Waals surface area contributed by atoms with Gasteiger partial charge in [0.2, 0.25) is 0 Å². The highest BCUT2D eigenvalue weighted by Gasteiger charge is 2.24. The quantitative estimate of drug-likeness (QED) is 0.805. The predicted octanol–water partition coefficient (Wildman–Crippen LogP) is 2.26. The van der Waals surface area contributed by atoms with E-state index < -0.39 is 0 Å². The van der Waals surface area contributed by atoms with Gasteiger partial charge in [0.15, 0.2) is 5.78 Å². The van der Waals surface area contributed by atoms with Crippen LogP contribution in [0.5, 0.6) is 0 Å². The molecule has 0 amide bonds. The number of carbonyl (C=O) groups excluding carboxylic acids is 2. The van der Waals surface area contributed by atoms with Gasteiger partial charge in [-0.15, -0.1) is 0 Å². The van der Waals surface area contributed by atoms with Gasteiger partial charge in [0.1, 0.15) is 0 Å². The second-order valence-electron chi connectivity index (χ2n) is 5.05. The third-order valence-electron chi connectivity index (χ3n) is 3.80. The molecule has 0 atom stereocenters. The molecular formula is C16H17NO3. The molecule has 0 bridgehead atoms. The Labute approximate surface area is 117 Å². The Morgan fingerprint density at radius 2 is 2.10 bits per heavy atom. The van der Waals surface area contributed by atoms with Crippen LogP contribution in [-0.4, -0.2) is 22.9 Å². The van der Waals surface area contributed by atoms with Crippen LogP contribution >= 0.6 is 0 Å². The Morgan fingerprint density at radius 3 is 2.90 bits per heavy atom. The predicted molar refractivity (Wildman–Crippen MR) is 75.6 cm³/mol. The highest BCUT2D eigenvalue weighted by molar-refractivity contribution is 5.92. The molecule has 2 aromatic rings. The van der Waals surface area contributed by atoms with E-state index in [0.717, 1.165) is 22.2 Å². The highest BCUT2D eigenvalue weighted by Crippen LogP contribution is 2.30.